The van der Waals surface area contributed by atoms with Gasteiger partial charge in [-0.05, 0) is 6.07 Å². The number of nitrogens with zero attached hydrogens (tertiary/aromatic N) is 2. The van der Waals surface area contributed by atoms with Gasteiger partial charge in [0.25, 0.3) is 6.43 Å². The van der Waals surface area contributed by atoms with Crippen LogP contribution in [0.1, 0.15) is 33.7 Å². The first-order valence-corrected chi connectivity index (χ1v) is 4.95. The molecular weight excluding hydrogens is 254 g/mol. The SMILES string of the molecule is COC(=O)c1nc(C#N)c(CCl)cc1C(F)F. The lowest BCUT2D eigenvalue weighted by Gasteiger charge is -2.09. The van der Waals surface area contributed by atoms with E-state index in [-0.39, 0.29) is 17.1 Å². The van der Waals surface area contributed by atoms with Crippen molar-refractivity contribution in [1.29, 1.82) is 5.26 Å². The molecule has 0 amide bonds. The maximum absolute atomic E-state index is 12.7. The van der Waals surface area contributed by atoms with Crippen molar-refractivity contribution in [2.75, 3.05) is 7.11 Å². The summed E-state index contributed by atoms with van der Waals surface area (Å²) in [6, 6.07) is 2.68. The van der Waals surface area contributed by atoms with Crippen molar-refractivity contribution in [2.24, 2.45) is 0 Å². The van der Waals surface area contributed by atoms with E-state index in [9.17, 15) is 13.6 Å². The molecule has 1 aromatic rings. The van der Waals surface area contributed by atoms with Crippen LogP contribution >= 0.6 is 11.6 Å². The second-order valence-electron chi connectivity index (χ2n) is 2.97. The minimum Gasteiger partial charge on any atom is -0.464 e. The van der Waals surface area contributed by atoms with Gasteiger partial charge in [0.1, 0.15) is 11.8 Å². The smallest absolute Gasteiger partial charge is 0.357 e. The molecule has 0 aromatic carbocycles. The molecule has 0 aliphatic heterocycles. The molecule has 0 saturated heterocycles. The van der Waals surface area contributed by atoms with Crippen molar-refractivity contribution in [3.05, 3.63) is 28.6 Å². The van der Waals surface area contributed by atoms with Crippen LogP contribution in [0.3, 0.4) is 0 Å². The molecule has 0 atom stereocenters. The minimum atomic E-state index is -2.90. The zero-order valence-corrected chi connectivity index (χ0v) is 9.46. The summed E-state index contributed by atoms with van der Waals surface area (Å²) < 4.78 is 29.7. The van der Waals surface area contributed by atoms with Crippen molar-refractivity contribution in [2.45, 2.75) is 12.3 Å². The molecular formula is C10H7ClF2N2O2. The molecule has 0 aliphatic carbocycles. The van der Waals surface area contributed by atoms with Gasteiger partial charge in [0.15, 0.2) is 5.69 Å². The fourth-order valence-electron chi connectivity index (χ4n) is 1.20. The molecule has 0 bridgehead atoms. The highest BCUT2D eigenvalue weighted by Crippen LogP contribution is 2.25. The molecule has 0 N–H and O–H groups in total. The summed E-state index contributed by atoms with van der Waals surface area (Å²) >= 11 is 5.50. The molecule has 0 saturated carbocycles. The number of ether oxygens (including phenoxy) is 1. The van der Waals surface area contributed by atoms with Gasteiger partial charge in [-0.25, -0.2) is 18.6 Å². The number of pyridine rings is 1. The van der Waals surface area contributed by atoms with Crippen LogP contribution in [0.2, 0.25) is 0 Å². The predicted molar refractivity (Wildman–Crippen MR) is 54.8 cm³/mol. The lowest BCUT2D eigenvalue weighted by atomic mass is 10.1. The second-order valence-corrected chi connectivity index (χ2v) is 3.24. The minimum absolute atomic E-state index is 0.142. The Morgan fingerprint density at radius 3 is 2.76 bits per heavy atom. The number of hydrogen-bond acceptors (Lipinski definition) is 4. The Labute approximate surface area is 101 Å². The Balaban J connectivity index is 3.47. The summed E-state index contributed by atoms with van der Waals surface area (Å²) in [5, 5.41) is 8.75. The number of hydrogen-bond donors (Lipinski definition) is 0. The highest BCUT2D eigenvalue weighted by molar-refractivity contribution is 6.17. The first-order chi connectivity index (χ1) is 8.04. The third kappa shape index (κ3) is 2.68. The summed E-state index contributed by atoms with van der Waals surface area (Å²) in [6.45, 7) is 0. The van der Waals surface area contributed by atoms with Crippen molar-refractivity contribution < 1.29 is 18.3 Å². The number of methoxy groups -OCH3 is 1. The summed E-state index contributed by atoms with van der Waals surface area (Å²) in [5.74, 6) is -1.16. The van der Waals surface area contributed by atoms with E-state index in [4.69, 9.17) is 16.9 Å². The van der Waals surface area contributed by atoms with Crippen LogP contribution in [0.15, 0.2) is 6.07 Å². The van der Waals surface area contributed by atoms with Gasteiger partial charge in [-0.3, -0.25) is 0 Å². The zero-order valence-electron chi connectivity index (χ0n) is 8.71. The van der Waals surface area contributed by atoms with Gasteiger partial charge in [0.05, 0.1) is 18.6 Å². The molecule has 0 fully saturated rings. The van der Waals surface area contributed by atoms with Gasteiger partial charge >= 0.3 is 5.97 Å². The Morgan fingerprint density at radius 2 is 2.35 bits per heavy atom. The van der Waals surface area contributed by atoms with E-state index in [0.717, 1.165) is 13.2 Å². The second kappa shape index (κ2) is 5.55. The van der Waals surface area contributed by atoms with Crippen molar-refractivity contribution in [1.82, 2.24) is 4.98 Å². The Bertz CT molecular complexity index is 486. The van der Waals surface area contributed by atoms with E-state index >= 15 is 0 Å². The Hall–Kier alpha value is -1.74. The van der Waals surface area contributed by atoms with E-state index in [0.29, 0.717) is 0 Å². The van der Waals surface area contributed by atoms with Gasteiger partial charge in [0.2, 0.25) is 0 Å². The largest absolute Gasteiger partial charge is 0.464 e. The molecule has 0 radical (unpaired) electrons. The Morgan fingerprint density at radius 1 is 1.71 bits per heavy atom. The maximum Gasteiger partial charge on any atom is 0.357 e. The van der Waals surface area contributed by atoms with Crippen LogP contribution in [-0.2, 0) is 10.6 Å². The third-order valence-electron chi connectivity index (χ3n) is 1.99. The van der Waals surface area contributed by atoms with Gasteiger partial charge in [0, 0.05) is 5.56 Å². The van der Waals surface area contributed by atoms with Crippen molar-refractivity contribution >= 4 is 17.6 Å². The van der Waals surface area contributed by atoms with E-state index in [1.807, 2.05) is 0 Å². The summed E-state index contributed by atoms with van der Waals surface area (Å²) in [4.78, 5) is 14.8. The number of carbonyl (C=O) groups is 1. The average Bonchev–Trinajstić information content (AvgIpc) is 2.35. The monoisotopic (exact) mass is 260 g/mol. The lowest BCUT2D eigenvalue weighted by Crippen LogP contribution is -2.11. The first-order valence-electron chi connectivity index (χ1n) is 4.41. The molecule has 17 heavy (non-hydrogen) atoms. The predicted octanol–water partition coefficient (Wildman–Crippen LogP) is 2.42. The highest BCUT2D eigenvalue weighted by atomic mass is 35.5. The van der Waals surface area contributed by atoms with Crippen molar-refractivity contribution in [3.8, 4) is 6.07 Å². The first kappa shape index (κ1) is 13.3. The van der Waals surface area contributed by atoms with Crippen LogP contribution in [0.5, 0.6) is 0 Å². The van der Waals surface area contributed by atoms with Crippen LogP contribution in [0.4, 0.5) is 8.78 Å². The number of alkyl halides is 3. The quantitative estimate of drug-likeness (QED) is 0.618. The van der Waals surface area contributed by atoms with E-state index in [1.54, 1.807) is 6.07 Å². The molecule has 1 aromatic heterocycles. The van der Waals surface area contributed by atoms with Crippen LogP contribution in [0.25, 0.3) is 0 Å². The molecule has 0 aliphatic rings. The number of esters is 1. The third-order valence-corrected chi connectivity index (χ3v) is 2.28. The van der Waals surface area contributed by atoms with Crippen LogP contribution < -0.4 is 0 Å². The van der Waals surface area contributed by atoms with Crippen molar-refractivity contribution in [3.63, 3.8) is 0 Å². The van der Waals surface area contributed by atoms with Crippen LogP contribution in [-0.4, -0.2) is 18.1 Å². The van der Waals surface area contributed by atoms with Crippen LogP contribution in [0, 0.1) is 11.3 Å². The number of nitriles is 1. The molecule has 7 heteroatoms. The van der Waals surface area contributed by atoms with E-state index < -0.39 is 23.7 Å². The van der Waals surface area contributed by atoms with E-state index in [2.05, 4.69) is 9.72 Å². The highest BCUT2D eigenvalue weighted by Gasteiger charge is 2.23. The van der Waals surface area contributed by atoms with Gasteiger partial charge < -0.3 is 4.74 Å². The number of halogens is 3. The van der Waals surface area contributed by atoms with Gasteiger partial charge in [-0.1, -0.05) is 0 Å². The lowest BCUT2D eigenvalue weighted by molar-refractivity contribution is 0.0581. The van der Waals surface area contributed by atoms with Gasteiger partial charge in [-0.2, -0.15) is 5.26 Å². The number of carbonyl (C=O) groups excluding carboxylic acids is 1. The van der Waals surface area contributed by atoms with Gasteiger partial charge in [-0.15, -0.1) is 11.6 Å². The molecule has 90 valence electrons. The number of aromatic nitrogens is 1. The molecule has 1 heterocycles. The fraction of sp³-hybridized carbons (Fsp3) is 0.300. The average molecular weight is 261 g/mol. The standard InChI is InChI=1S/C10H7ClF2N2O2/c1-17-10(16)8-6(9(12)13)2-5(3-11)7(4-14)15-8/h2,9H,3H2,1H3. The molecule has 4 nitrogen and oxygen atoms in total. The summed E-state index contributed by atoms with van der Waals surface area (Å²) in [7, 11) is 1.04. The molecule has 0 unspecified atom stereocenters. The number of rotatable bonds is 3. The zero-order chi connectivity index (χ0) is 13.0. The fourth-order valence-corrected chi connectivity index (χ4v) is 1.40. The molecule has 0 spiro atoms. The molecule has 1 rings (SSSR count). The summed E-state index contributed by atoms with van der Waals surface area (Å²) in [6.07, 6.45) is -2.90. The normalized spacial score (nSPS) is 10.1. The summed E-state index contributed by atoms with van der Waals surface area (Å²) in [5.41, 5.74) is -1.17. The van der Waals surface area contributed by atoms with E-state index in [1.165, 1.54) is 0 Å². The topological polar surface area (TPSA) is 63.0 Å². The Kier molecular flexibility index (Phi) is 4.35. The maximum atomic E-state index is 12.7.